The van der Waals surface area contributed by atoms with Gasteiger partial charge in [-0.05, 0) is 32.0 Å². The van der Waals surface area contributed by atoms with Gasteiger partial charge >= 0.3 is 0 Å². The van der Waals surface area contributed by atoms with Crippen molar-refractivity contribution in [1.82, 2.24) is 20.6 Å². The van der Waals surface area contributed by atoms with E-state index in [-0.39, 0.29) is 11.4 Å². The van der Waals surface area contributed by atoms with Crippen LogP contribution in [-0.4, -0.2) is 26.7 Å². The number of furan rings is 1. The van der Waals surface area contributed by atoms with Gasteiger partial charge in [0, 0.05) is 0 Å². The normalized spacial score (nSPS) is 10.5. The number of hydrazine groups is 1. The molecule has 0 aliphatic carbocycles. The molecule has 0 unspecified atom stereocenters. The van der Waals surface area contributed by atoms with Crippen LogP contribution in [0.4, 0.5) is 0 Å². The molecule has 0 aliphatic heterocycles. The van der Waals surface area contributed by atoms with E-state index in [0.29, 0.717) is 22.8 Å². The van der Waals surface area contributed by atoms with Gasteiger partial charge in [-0.25, -0.2) is 4.68 Å². The molecule has 0 fully saturated rings. The molecule has 0 aliphatic rings. The van der Waals surface area contributed by atoms with E-state index in [0.717, 1.165) is 0 Å². The molecule has 3 N–H and O–H groups in total. The average Bonchev–Trinajstić information content (AvgIpc) is 3.15. The number of carbonyl (C=O) groups is 2. The summed E-state index contributed by atoms with van der Waals surface area (Å²) in [5.41, 5.74) is 5.29. The summed E-state index contributed by atoms with van der Waals surface area (Å²) in [6, 6.07) is 10.6. The minimum Gasteiger partial charge on any atom is -0.504 e. The first kappa shape index (κ1) is 16.3. The summed E-state index contributed by atoms with van der Waals surface area (Å²) in [6.45, 7) is 3.37. The minimum atomic E-state index is -0.738. The number of amides is 2. The Morgan fingerprint density at radius 1 is 1.12 bits per heavy atom. The number of para-hydroxylation sites is 1. The monoisotopic (exact) mass is 340 g/mol. The molecular formula is C17H16N4O4. The molecule has 25 heavy (non-hydrogen) atoms. The minimum absolute atomic E-state index is 0.204. The van der Waals surface area contributed by atoms with Crippen molar-refractivity contribution in [3.8, 4) is 11.4 Å². The van der Waals surface area contributed by atoms with Crippen molar-refractivity contribution in [1.29, 1.82) is 0 Å². The molecule has 0 radical (unpaired) electrons. The first-order valence-electron chi connectivity index (χ1n) is 7.47. The fourth-order valence-electron chi connectivity index (χ4n) is 2.34. The van der Waals surface area contributed by atoms with Crippen molar-refractivity contribution in [2.45, 2.75) is 13.8 Å². The third-order valence-electron chi connectivity index (χ3n) is 3.51. The van der Waals surface area contributed by atoms with Gasteiger partial charge in [0.2, 0.25) is 0 Å². The molecule has 0 bridgehead atoms. The molecule has 8 nitrogen and oxygen atoms in total. The van der Waals surface area contributed by atoms with Crippen LogP contribution in [0, 0.1) is 13.8 Å². The zero-order chi connectivity index (χ0) is 18.0. The number of nitrogens with zero attached hydrogens (tertiary/aromatic N) is 2. The number of hydrogen-bond donors (Lipinski definition) is 3. The Kier molecular flexibility index (Phi) is 4.25. The quantitative estimate of drug-likeness (QED) is 0.631. The van der Waals surface area contributed by atoms with E-state index in [1.165, 1.54) is 10.9 Å². The number of nitrogens with one attached hydrogen (secondary N) is 2. The van der Waals surface area contributed by atoms with Crippen LogP contribution in [0.3, 0.4) is 0 Å². The SMILES string of the molecule is Cc1cc(C(=O)NNC(=O)c2nn(-c3ccccc3)cc2O)c(C)o1. The summed E-state index contributed by atoms with van der Waals surface area (Å²) in [6.07, 6.45) is 1.32. The molecule has 2 heterocycles. The van der Waals surface area contributed by atoms with Gasteiger partial charge < -0.3 is 9.52 Å². The number of hydrogen-bond acceptors (Lipinski definition) is 5. The third kappa shape index (κ3) is 3.37. The molecule has 0 atom stereocenters. The molecule has 2 aromatic heterocycles. The van der Waals surface area contributed by atoms with Crippen LogP contribution in [-0.2, 0) is 0 Å². The number of aromatic nitrogens is 2. The second-order valence-electron chi connectivity index (χ2n) is 5.38. The zero-order valence-electron chi connectivity index (χ0n) is 13.6. The predicted octanol–water partition coefficient (Wildman–Crippen LogP) is 1.86. The number of aromatic hydroxyl groups is 1. The summed E-state index contributed by atoms with van der Waals surface area (Å²) < 4.78 is 6.64. The van der Waals surface area contributed by atoms with Crippen LogP contribution in [0.25, 0.3) is 5.69 Å². The number of carbonyl (C=O) groups excluding carboxylic acids is 2. The van der Waals surface area contributed by atoms with Crippen molar-refractivity contribution in [3.05, 3.63) is 65.4 Å². The van der Waals surface area contributed by atoms with Gasteiger partial charge in [-0.2, -0.15) is 5.10 Å². The van der Waals surface area contributed by atoms with Crippen molar-refractivity contribution in [2.75, 3.05) is 0 Å². The predicted molar refractivity (Wildman–Crippen MR) is 88.3 cm³/mol. The topological polar surface area (TPSA) is 109 Å². The highest BCUT2D eigenvalue weighted by Gasteiger charge is 2.19. The third-order valence-corrected chi connectivity index (χ3v) is 3.51. The van der Waals surface area contributed by atoms with Crippen LogP contribution in [0.5, 0.6) is 5.75 Å². The van der Waals surface area contributed by atoms with Crippen LogP contribution in [0.15, 0.2) is 47.0 Å². The Balaban J connectivity index is 1.71. The van der Waals surface area contributed by atoms with Gasteiger partial charge in [0.1, 0.15) is 11.5 Å². The molecule has 1 aromatic carbocycles. The largest absolute Gasteiger partial charge is 0.504 e. The van der Waals surface area contributed by atoms with Crippen molar-refractivity contribution in [2.24, 2.45) is 0 Å². The molecule has 3 aromatic rings. The van der Waals surface area contributed by atoms with E-state index >= 15 is 0 Å². The van der Waals surface area contributed by atoms with Crippen LogP contribution in [0.1, 0.15) is 32.4 Å². The molecular weight excluding hydrogens is 324 g/mol. The Morgan fingerprint density at radius 3 is 2.44 bits per heavy atom. The summed E-state index contributed by atoms with van der Waals surface area (Å²) >= 11 is 0. The Morgan fingerprint density at radius 2 is 1.80 bits per heavy atom. The smallest absolute Gasteiger partial charge is 0.294 e. The summed E-state index contributed by atoms with van der Waals surface area (Å²) in [7, 11) is 0. The Hall–Kier alpha value is -3.55. The fraction of sp³-hybridized carbons (Fsp3) is 0.118. The van der Waals surface area contributed by atoms with E-state index < -0.39 is 11.8 Å². The first-order valence-corrected chi connectivity index (χ1v) is 7.47. The van der Waals surface area contributed by atoms with Crippen molar-refractivity contribution in [3.63, 3.8) is 0 Å². The second-order valence-corrected chi connectivity index (χ2v) is 5.38. The maximum absolute atomic E-state index is 12.2. The molecule has 3 rings (SSSR count). The van der Waals surface area contributed by atoms with E-state index in [1.807, 2.05) is 18.2 Å². The van der Waals surface area contributed by atoms with Crippen molar-refractivity contribution < 1.29 is 19.1 Å². The number of rotatable bonds is 3. The summed E-state index contributed by atoms with van der Waals surface area (Å²) in [5.74, 6) is -0.525. The maximum Gasteiger partial charge on any atom is 0.294 e. The van der Waals surface area contributed by atoms with Gasteiger partial charge in [-0.15, -0.1) is 0 Å². The van der Waals surface area contributed by atoms with Crippen LogP contribution >= 0.6 is 0 Å². The Bertz CT molecular complexity index is 928. The zero-order valence-corrected chi connectivity index (χ0v) is 13.6. The number of benzene rings is 1. The highest BCUT2D eigenvalue weighted by molar-refractivity contribution is 5.99. The van der Waals surface area contributed by atoms with Crippen molar-refractivity contribution >= 4 is 11.8 Å². The van der Waals surface area contributed by atoms with Gasteiger partial charge in [0.05, 0.1) is 17.4 Å². The maximum atomic E-state index is 12.2. The van der Waals surface area contributed by atoms with E-state index in [9.17, 15) is 14.7 Å². The summed E-state index contributed by atoms with van der Waals surface area (Å²) in [4.78, 5) is 24.2. The molecule has 0 saturated heterocycles. The lowest BCUT2D eigenvalue weighted by Crippen LogP contribution is -2.42. The van der Waals surface area contributed by atoms with E-state index in [1.54, 1.807) is 32.0 Å². The van der Waals surface area contributed by atoms with E-state index in [2.05, 4.69) is 16.0 Å². The molecule has 128 valence electrons. The standard InChI is InChI=1S/C17H16N4O4/c1-10-8-13(11(2)25-10)16(23)18-19-17(24)15-14(22)9-21(20-15)12-6-4-3-5-7-12/h3-9,22H,1-2H3,(H,18,23)(H,19,24). The van der Waals surface area contributed by atoms with Gasteiger partial charge in [0.15, 0.2) is 11.4 Å². The van der Waals surface area contributed by atoms with Crippen LogP contribution < -0.4 is 10.9 Å². The molecule has 8 heteroatoms. The van der Waals surface area contributed by atoms with Gasteiger partial charge in [-0.3, -0.25) is 20.4 Å². The molecule has 2 amide bonds. The lowest BCUT2D eigenvalue weighted by molar-refractivity contribution is 0.0841. The number of aryl methyl sites for hydroxylation is 2. The Labute approximate surface area is 143 Å². The highest BCUT2D eigenvalue weighted by atomic mass is 16.3. The van der Waals surface area contributed by atoms with E-state index in [4.69, 9.17) is 4.42 Å². The van der Waals surface area contributed by atoms with Gasteiger partial charge in [-0.1, -0.05) is 18.2 Å². The lowest BCUT2D eigenvalue weighted by Gasteiger charge is -2.05. The second kappa shape index (κ2) is 6.52. The lowest BCUT2D eigenvalue weighted by atomic mass is 10.2. The first-order chi connectivity index (χ1) is 12.0. The summed E-state index contributed by atoms with van der Waals surface area (Å²) in [5, 5.41) is 14.0. The van der Waals surface area contributed by atoms with Gasteiger partial charge in [0.25, 0.3) is 11.8 Å². The molecule has 0 spiro atoms. The average molecular weight is 340 g/mol. The van der Waals surface area contributed by atoms with Crippen LogP contribution in [0.2, 0.25) is 0 Å². The molecule has 0 saturated carbocycles. The highest BCUT2D eigenvalue weighted by Crippen LogP contribution is 2.18. The fourth-order valence-corrected chi connectivity index (χ4v) is 2.34.